The molecule has 39 heavy (non-hydrogen) atoms. The molecule has 1 aliphatic rings. The van der Waals surface area contributed by atoms with Gasteiger partial charge in [0.15, 0.2) is 11.5 Å². The molecule has 1 atom stereocenters. The van der Waals surface area contributed by atoms with E-state index in [2.05, 4.69) is 29.1 Å². The van der Waals surface area contributed by atoms with Crippen molar-refractivity contribution in [3.05, 3.63) is 46.8 Å². The zero-order valence-electron chi connectivity index (χ0n) is 23.5. The molecule has 1 aliphatic heterocycles. The highest BCUT2D eigenvalue weighted by atomic mass is 16.7. The average Bonchev–Trinajstić information content (AvgIpc) is 2.90. The molecule has 0 spiro atoms. The molecule has 11 nitrogen and oxygen atoms in total. The number of likely N-dealkylation sites (N-methyl/N-ethyl adjacent to an activating group) is 1. The van der Waals surface area contributed by atoms with Crippen LogP contribution in [0.1, 0.15) is 49.6 Å². The van der Waals surface area contributed by atoms with Crippen LogP contribution in [-0.4, -0.2) is 72.2 Å². The Balaban J connectivity index is 0.000000798. The summed E-state index contributed by atoms with van der Waals surface area (Å²) in [5.41, 5.74) is 3.11. The van der Waals surface area contributed by atoms with Crippen molar-refractivity contribution in [1.82, 2.24) is 9.88 Å². The van der Waals surface area contributed by atoms with Gasteiger partial charge in [0.25, 0.3) is 0 Å². The Morgan fingerprint density at radius 2 is 1.82 bits per heavy atom. The number of rotatable bonds is 9. The monoisotopic (exact) mass is 543 g/mol. The Hall–Kier alpha value is -3.88. The van der Waals surface area contributed by atoms with E-state index in [-0.39, 0.29) is 0 Å². The smallest absolute Gasteiger partial charge is 0.414 e. The maximum atomic E-state index is 10.1. The molecule has 0 aliphatic carbocycles. The number of carboxylic acids is 2. The number of carbonyl (C=O) groups is 2. The molecule has 2 N–H and O–H groups in total. The van der Waals surface area contributed by atoms with Gasteiger partial charge < -0.3 is 34.1 Å². The minimum absolute atomic E-state index is 0.410. The molecule has 0 amide bonds. The first kappa shape index (κ1) is 31.3. The Labute approximate surface area is 228 Å². The van der Waals surface area contributed by atoms with Crippen molar-refractivity contribution >= 4 is 11.9 Å². The number of aromatic nitrogens is 1. The number of hydrogen-bond donors (Lipinski definition) is 2. The van der Waals surface area contributed by atoms with Crippen molar-refractivity contribution in [2.24, 2.45) is 0 Å². The van der Waals surface area contributed by atoms with Gasteiger partial charge in [-0.3, -0.25) is 4.98 Å². The lowest BCUT2D eigenvalue weighted by atomic mass is 9.78. The van der Waals surface area contributed by atoms with Crippen LogP contribution in [0.2, 0.25) is 0 Å². The van der Waals surface area contributed by atoms with Crippen LogP contribution in [0, 0.1) is 18.3 Å². The third-order valence-corrected chi connectivity index (χ3v) is 6.47. The van der Waals surface area contributed by atoms with Crippen LogP contribution in [0.3, 0.4) is 0 Å². The highest BCUT2D eigenvalue weighted by Crippen LogP contribution is 2.40. The van der Waals surface area contributed by atoms with Crippen molar-refractivity contribution in [1.29, 1.82) is 5.26 Å². The minimum Gasteiger partial charge on any atom is -0.493 e. The molecular formula is C28H37N3O8. The number of aryl methyl sites for hydroxylation is 1. The predicted molar refractivity (Wildman–Crippen MR) is 142 cm³/mol. The van der Waals surface area contributed by atoms with Crippen LogP contribution in [0.4, 0.5) is 0 Å². The largest absolute Gasteiger partial charge is 0.493 e. The Kier molecular flexibility index (Phi) is 10.7. The van der Waals surface area contributed by atoms with Crippen LogP contribution >= 0.6 is 0 Å². The molecule has 0 bridgehead atoms. The van der Waals surface area contributed by atoms with Crippen molar-refractivity contribution < 1.29 is 38.7 Å². The van der Waals surface area contributed by atoms with Gasteiger partial charge in [0, 0.05) is 32.2 Å². The molecule has 0 radical (unpaired) electrons. The second-order valence-electron chi connectivity index (χ2n) is 9.90. The molecular weight excluding hydrogens is 506 g/mol. The van der Waals surface area contributed by atoms with Gasteiger partial charge in [-0.1, -0.05) is 6.07 Å². The van der Waals surface area contributed by atoms with E-state index < -0.39 is 23.1 Å². The third-order valence-electron chi connectivity index (χ3n) is 6.47. The summed E-state index contributed by atoms with van der Waals surface area (Å²) in [7, 11) is 5.36. The summed E-state index contributed by atoms with van der Waals surface area (Å²) in [4.78, 5) is 25.0. The zero-order valence-corrected chi connectivity index (χ0v) is 23.5. The summed E-state index contributed by atoms with van der Waals surface area (Å²) in [5.74, 6) is -2.15. The van der Waals surface area contributed by atoms with E-state index in [1.54, 1.807) is 14.2 Å². The summed E-state index contributed by atoms with van der Waals surface area (Å²) >= 11 is 0. The van der Waals surface area contributed by atoms with E-state index in [9.17, 15) is 5.26 Å². The molecule has 11 heteroatoms. The maximum absolute atomic E-state index is 10.1. The number of nitrogens with zero attached hydrogens (tertiary/aromatic N) is 3. The summed E-state index contributed by atoms with van der Waals surface area (Å²) in [6.45, 7) is 9.72. The average molecular weight is 544 g/mol. The van der Waals surface area contributed by atoms with E-state index >= 15 is 0 Å². The number of aliphatic carboxylic acids is 2. The van der Waals surface area contributed by atoms with Crippen molar-refractivity contribution in [3.63, 3.8) is 0 Å². The number of carboxylic acid groups (broad SMARTS) is 2. The SMILES string of the molecule is COc1ccc(CCN(C)CCC(C)(C#N)c2cnc(C)c3c2COC(C)(C)O3)cc1OC.O=C(O)C(=O)O. The fraction of sp³-hybridized carbons (Fsp3) is 0.500. The molecule has 0 saturated heterocycles. The zero-order chi connectivity index (χ0) is 29.4. The van der Waals surface area contributed by atoms with Crippen LogP contribution in [-0.2, 0) is 32.8 Å². The molecule has 1 aromatic carbocycles. The van der Waals surface area contributed by atoms with Gasteiger partial charge in [-0.05, 0) is 63.5 Å². The second-order valence-corrected chi connectivity index (χ2v) is 9.90. The first-order chi connectivity index (χ1) is 18.3. The molecule has 0 saturated carbocycles. The molecule has 0 fully saturated rings. The van der Waals surface area contributed by atoms with E-state index in [1.807, 2.05) is 46.0 Å². The quantitative estimate of drug-likeness (QED) is 0.447. The van der Waals surface area contributed by atoms with E-state index in [4.69, 9.17) is 38.7 Å². The summed E-state index contributed by atoms with van der Waals surface area (Å²) in [6.07, 6.45) is 3.36. The minimum atomic E-state index is -1.82. The van der Waals surface area contributed by atoms with Crippen LogP contribution < -0.4 is 14.2 Å². The van der Waals surface area contributed by atoms with Crippen LogP contribution in [0.5, 0.6) is 17.2 Å². The highest BCUT2D eigenvalue weighted by molar-refractivity contribution is 6.27. The molecule has 3 rings (SSSR count). The van der Waals surface area contributed by atoms with Gasteiger partial charge >= 0.3 is 11.9 Å². The van der Waals surface area contributed by atoms with Crippen molar-refractivity contribution in [2.45, 2.75) is 58.3 Å². The lowest BCUT2D eigenvalue weighted by Gasteiger charge is -2.36. The number of fused-ring (bicyclic) bond motifs is 1. The van der Waals surface area contributed by atoms with Gasteiger partial charge in [-0.2, -0.15) is 5.26 Å². The van der Waals surface area contributed by atoms with Gasteiger partial charge in [0.1, 0.15) is 5.75 Å². The summed E-state index contributed by atoms with van der Waals surface area (Å²) < 4.78 is 22.7. The Morgan fingerprint density at radius 3 is 2.38 bits per heavy atom. The molecule has 1 aromatic heterocycles. The fourth-order valence-electron chi connectivity index (χ4n) is 4.05. The molecule has 1 unspecified atom stereocenters. The first-order valence-corrected chi connectivity index (χ1v) is 12.4. The predicted octanol–water partition coefficient (Wildman–Crippen LogP) is 3.55. The van der Waals surface area contributed by atoms with Crippen molar-refractivity contribution in [3.8, 4) is 23.3 Å². The van der Waals surface area contributed by atoms with Crippen LogP contribution in [0.25, 0.3) is 0 Å². The van der Waals surface area contributed by atoms with E-state index in [0.717, 1.165) is 53.6 Å². The first-order valence-electron chi connectivity index (χ1n) is 12.4. The standard InChI is InChI=1S/C26H35N3O4.C2H2O4/c1-18-24-20(16-32-25(2,3)33-24)21(15-28-18)26(4,17-27)11-13-29(5)12-10-19-8-9-22(30-6)23(14-19)31-7;3-1(4)2(5)6/h8-9,14-15H,10-13,16H2,1-7H3;(H,3,4)(H,5,6). The number of methoxy groups -OCH3 is 2. The number of hydrogen-bond acceptors (Lipinski definition) is 9. The van der Waals surface area contributed by atoms with Crippen molar-refractivity contribution in [2.75, 3.05) is 34.4 Å². The fourth-order valence-corrected chi connectivity index (χ4v) is 4.05. The Bertz CT molecular complexity index is 1210. The number of pyridine rings is 1. The van der Waals surface area contributed by atoms with Gasteiger partial charge in [0.2, 0.25) is 5.79 Å². The number of nitriles is 1. The second kappa shape index (κ2) is 13.3. The molecule has 2 heterocycles. The highest BCUT2D eigenvalue weighted by Gasteiger charge is 2.36. The Morgan fingerprint density at radius 1 is 1.18 bits per heavy atom. The normalized spacial score (nSPS) is 14.9. The lowest BCUT2D eigenvalue weighted by molar-refractivity contribution is -0.181. The van der Waals surface area contributed by atoms with E-state index in [0.29, 0.717) is 13.0 Å². The lowest BCUT2D eigenvalue weighted by Crippen LogP contribution is -2.38. The number of benzene rings is 1. The molecule has 2 aromatic rings. The summed E-state index contributed by atoms with van der Waals surface area (Å²) in [5, 5.41) is 24.9. The van der Waals surface area contributed by atoms with E-state index in [1.165, 1.54) is 5.56 Å². The maximum Gasteiger partial charge on any atom is 0.414 e. The third kappa shape index (κ3) is 8.30. The van der Waals surface area contributed by atoms with Gasteiger partial charge in [-0.15, -0.1) is 0 Å². The summed E-state index contributed by atoms with van der Waals surface area (Å²) in [6, 6.07) is 8.53. The van der Waals surface area contributed by atoms with Gasteiger partial charge in [-0.25, -0.2) is 9.59 Å². The topological polar surface area (TPSA) is 151 Å². The number of ether oxygens (including phenoxy) is 4. The van der Waals surface area contributed by atoms with Crippen LogP contribution in [0.15, 0.2) is 24.4 Å². The molecule has 212 valence electrons. The van der Waals surface area contributed by atoms with Gasteiger partial charge in [0.05, 0.1) is 38.0 Å².